The van der Waals surface area contributed by atoms with Gasteiger partial charge in [0, 0.05) is 19.0 Å². The number of carbonyl (C=O) groups is 1. The van der Waals surface area contributed by atoms with E-state index in [0.29, 0.717) is 19.4 Å². The Labute approximate surface area is 109 Å². The van der Waals surface area contributed by atoms with Crippen LogP contribution in [0.1, 0.15) is 32.3 Å². The fourth-order valence-corrected chi connectivity index (χ4v) is 1.88. The van der Waals surface area contributed by atoms with E-state index in [1.165, 1.54) is 5.56 Å². The van der Waals surface area contributed by atoms with Crippen LogP contribution >= 0.6 is 0 Å². The number of rotatable bonds is 6. The third-order valence-electron chi connectivity index (χ3n) is 2.88. The van der Waals surface area contributed by atoms with Crippen LogP contribution in [0.3, 0.4) is 0 Å². The van der Waals surface area contributed by atoms with Crippen LogP contribution in [0.5, 0.6) is 0 Å². The van der Waals surface area contributed by atoms with Crippen LogP contribution in [0.25, 0.3) is 0 Å². The SMILES string of the molecule is CC(C)N(CCC#N)C(=O)CCc1ccccc1. The molecule has 1 rings (SSSR count). The van der Waals surface area contributed by atoms with Gasteiger partial charge < -0.3 is 4.90 Å². The Morgan fingerprint density at radius 2 is 2.00 bits per heavy atom. The zero-order chi connectivity index (χ0) is 13.4. The molecule has 0 aliphatic carbocycles. The van der Waals surface area contributed by atoms with E-state index in [-0.39, 0.29) is 11.9 Å². The molecule has 3 nitrogen and oxygen atoms in total. The molecule has 0 heterocycles. The summed E-state index contributed by atoms with van der Waals surface area (Å²) in [5.41, 5.74) is 1.18. The highest BCUT2D eigenvalue weighted by Gasteiger charge is 2.15. The second-order valence-electron chi connectivity index (χ2n) is 4.57. The maximum atomic E-state index is 12.1. The molecule has 0 aromatic heterocycles. The lowest BCUT2D eigenvalue weighted by atomic mass is 10.1. The van der Waals surface area contributed by atoms with Crippen LogP contribution in [0.4, 0.5) is 0 Å². The van der Waals surface area contributed by atoms with E-state index < -0.39 is 0 Å². The molecule has 0 N–H and O–H groups in total. The first-order valence-corrected chi connectivity index (χ1v) is 6.35. The third kappa shape index (κ3) is 4.58. The minimum atomic E-state index is 0.129. The van der Waals surface area contributed by atoms with Crippen molar-refractivity contribution in [1.82, 2.24) is 4.90 Å². The first-order chi connectivity index (χ1) is 8.65. The number of carbonyl (C=O) groups excluding carboxylic acids is 1. The van der Waals surface area contributed by atoms with Crippen molar-refractivity contribution in [3.05, 3.63) is 35.9 Å². The van der Waals surface area contributed by atoms with Gasteiger partial charge in [-0.2, -0.15) is 5.26 Å². The lowest BCUT2D eigenvalue weighted by molar-refractivity contribution is -0.132. The normalized spacial score (nSPS) is 10.1. The van der Waals surface area contributed by atoms with E-state index in [2.05, 4.69) is 6.07 Å². The number of nitriles is 1. The number of amides is 1. The quantitative estimate of drug-likeness (QED) is 0.772. The van der Waals surface area contributed by atoms with E-state index in [1.54, 1.807) is 4.90 Å². The smallest absolute Gasteiger partial charge is 0.223 e. The van der Waals surface area contributed by atoms with Gasteiger partial charge in [-0.05, 0) is 25.8 Å². The topological polar surface area (TPSA) is 44.1 Å². The summed E-state index contributed by atoms with van der Waals surface area (Å²) in [7, 11) is 0. The molecule has 1 amide bonds. The van der Waals surface area contributed by atoms with Gasteiger partial charge in [-0.1, -0.05) is 30.3 Å². The highest BCUT2D eigenvalue weighted by molar-refractivity contribution is 5.76. The third-order valence-corrected chi connectivity index (χ3v) is 2.88. The summed E-state index contributed by atoms with van der Waals surface area (Å²) >= 11 is 0. The predicted octanol–water partition coefficient (Wildman–Crippen LogP) is 2.77. The first kappa shape index (κ1) is 14.2. The Balaban J connectivity index is 2.49. The Kier molecular flexibility index (Phi) is 5.93. The van der Waals surface area contributed by atoms with Crippen molar-refractivity contribution >= 4 is 5.91 Å². The zero-order valence-electron chi connectivity index (χ0n) is 11.1. The second-order valence-corrected chi connectivity index (χ2v) is 4.57. The van der Waals surface area contributed by atoms with Gasteiger partial charge in [0.05, 0.1) is 12.5 Å². The molecule has 0 saturated carbocycles. The number of benzene rings is 1. The summed E-state index contributed by atoms with van der Waals surface area (Å²) in [6, 6.07) is 12.2. The van der Waals surface area contributed by atoms with E-state index in [9.17, 15) is 4.79 Å². The van der Waals surface area contributed by atoms with Crippen LogP contribution in [0.2, 0.25) is 0 Å². The van der Waals surface area contributed by atoms with E-state index in [1.807, 2.05) is 44.2 Å². The van der Waals surface area contributed by atoms with E-state index in [0.717, 1.165) is 6.42 Å². The lowest BCUT2D eigenvalue weighted by Crippen LogP contribution is -2.37. The van der Waals surface area contributed by atoms with Crippen molar-refractivity contribution in [3.8, 4) is 6.07 Å². The highest BCUT2D eigenvalue weighted by Crippen LogP contribution is 2.07. The van der Waals surface area contributed by atoms with E-state index in [4.69, 9.17) is 5.26 Å². The van der Waals surface area contributed by atoms with Crippen LogP contribution in [-0.2, 0) is 11.2 Å². The maximum Gasteiger partial charge on any atom is 0.223 e. The molecular weight excluding hydrogens is 224 g/mol. The first-order valence-electron chi connectivity index (χ1n) is 6.35. The van der Waals surface area contributed by atoms with Gasteiger partial charge in [0.2, 0.25) is 5.91 Å². The average Bonchev–Trinajstić information content (AvgIpc) is 2.37. The molecule has 0 saturated heterocycles. The molecule has 1 aromatic carbocycles. The molecule has 0 aliphatic rings. The minimum Gasteiger partial charge on any atom is -0.339 e. The summed E-state index contributed by atoms with van der Waals surface area (Å²) in [5.74, 6) is 0.129. The molecule has 0 spiro atoms. The van der Waals surface area contributed by atoms with Crippen LogP contribution in [0, 0.1) is 11.3 Å². The van der Waals surface area contributed by atoms with Crippen molar-refractivity contribution in [3.63, 3.8) is 0 Å². The van der Waals surface area contributed by atoms with E-state index >= 15 is 0 Å². The van der Waals surface area contributed by atoms with Gasteiger partial charge in [0.25, 0.3) is 0 Å². The Morgan fingerprint density at radius 3 is 2.56 bits per heavy atom. The Morgan fingerprint density at radius 1 is 1.33 bits per heavy atom. The number of nitrogens with zero attached hydrogens (tertiary/aromatic N) is 2. The Hall–Kier alpha value is -1.82. The molecule has 0 unspecified atom stereocenters. The minimum absolute atomic E-state index is 0.129. The molecule has 0 aliphatic heterocycles. The van der Waals surface area contributed by atoms with Crippen molar-refractivity contribution < 1.29 is 4.79 Å². The number of hydrogen-bond donors (Lipinski definition) is 0. The van der Waals surface area contributed by atoms with Crippen LogP contribution in [0.15, 0.2) is 30.3 Å². The summed E-state index contributed by atoms with van der Waals surface area (Å²) in [6.45, 7) is 4.50. The summed E-state index contributed by atoms with van der Waals surface area (Å²) in [6.07, 6.45) is 1.67. The summed E-state index contributed by atoms with van der Waals surface area (Å²) in [4.78, 5) is 13.9. The molecule has 0 bridgehead atoms. The summed E-state index contributed by atoms with van der Waals surface area (Å²) < 4.78 is 0. The molecule has 0 atom stereocenters. The summed E-state index contributed by atoms with van der Waals surface area (Å²) in [5, 5.41) is 8.60. The molecule has 3 heteroatoms. The van der Waals surface area contributed by atoms with Gasteiger partial charge in [0.15, 0.2) is 0 Å². The van der Waals surface area contributed by atoms with Crippen molar-refractivity contribution in [2.75, 3.05) is 6.54 Å². The molecule has 96 valence electrons. The largest absolute Gasteiger partial charge is 0.339 e. The highest BCUT2D eigenvalue weighted by atomic mass is 16.2. The Bertz CT molecular complexity index is 406. The zero-order valence-corrected chi connectivity index (χ0v) is 11.1. The fourth-order valence-electron chi connectivity index (χ4n) is 1.88. The number of aryl methyl sites for hydroxylation is 1. The predicted molar refractivity (Wildman–Crippen MR) is 71.8 cm³/mol. The van der Waals surface area contributed by atoms with Gasteiger partial charge in [0.1, 0.15) is 0 Å². The maximum absolute atomic E-state index is 12.1. The standard InChI is InChI=1S/C15H20N2O/c1-13(2)17(12-6-11-16)15(18)10-9-14-7-4-3-5-8-14/h3-5,7-8,13H,6,9-10,12H2,1-2H3. The number of hydrogen-bond acceptors (Lipinski definition) is 2. The molecule has 18 heavy (non-hydrogen) atoms. The van der Waals surface area contributed by atoms with Crippen LogP contribution < -0.4 is 0 Å². The van der Waals surface area contributed by atoms with Crippen molar-refractivity contribution in [2.24, 2.45) is 0 Å². The lowest BCUT2D eigenvalue weighted by Gasteiger charge is -2.25. The van der Waals surface area contributed by atoms with Gasteiger partial charge in [-0.25, -0.2) is 0 Å². The fraction of sp³-hybridized carbons (Fsp3) is 0.467. The van der Waals surface area contributed by atoms with Gasteiger partial charge >= 0.3 is 0 Å². The monoisotopic (exact) mass is 244 g/mol. The van der Waals surface area contributed by atoms with Gasteiger partial charge in [-0.3, -0.25) is 4.79 Å². The average molecular weight is 244 g/mol. The molecule has 0 fully saturated rings. The van der Waals surface area contributed by atoms with Crippen molar-refractivity contribution in [2.45, 2.75) is 39.2 Å². The molecule has 1 aromatic rings. The second kappa shape index (κ2) is 7.50. The van der Waals surface area contributed by atoms with Gasteiger partial charge in [-0.15, -0.1) is 0 Å². The molecule has 0 radical (unpaired) electrons. The van der Waals surface area contributed by atoms with Crippen molar-refractivity contribution in [1.29, 1.82) is 5.26 Å². The molecular formula is C15H20N2O. The van der Waals surface area contributed by atoms with Crippen LogP contribution in [-0.4, -0.2) is 23.4 Å².